The lowest BCUT2D eigenvalue weighted by Crippen LogP contribution is -2.03. The number of fused-ring (bicyclic) bond motifs is 10. The number of aromatic nitrogens is 4. The third kappa shape index (κ3) is 4.60. The molecule has 4 nitrogen and oxygen atoms in total. The first-order valence-corrected chi connectivity index (χ1v) is 19.1. The lowest BCUT2D eigenvalue weighted by Gasteiger charge is -2.13. The molecule has 0 saturated heterocycles. The van der Waals surface area contributed by atoms with E-state index >= 15 is 0 Å². The van der Waals surface area contributed by atoms with Crippen LogP contribution in [0, 0.1) is 0 Å². The fourth-order valence-electron chi connectivity index (χ4n) is 8.88. The average molecular weight is 713 g/mol. The molecule has 0 saturated carbocycles. The molecule has 0 N–H and O–H groups in total. The van der Waals surface area contributed by atoms with Gasteiger partial charge in [-0.1, -0.05) is 152 Å². The Morgan fingerprint density at radius 1 is 0.321 bits per heavy atom. The Labute approximate surface area is 322 Å². The molecule has 0 unspecified atom stereocenters. The third-order valence-corrected chi connectivity index (χ3v) is 11.5. The molecule has 0 spiro atoms. The van der Waals surface area contributed by atoms with Gasteiger partial charge in [0.15, 0.2) is 0 Å². The van der Waals surface area contributed by atoms with Crippen molar-refractivity contribution in [3.8, 4) is 34.0 Å². The first kappa shape index (κ1) is 30.9. The molecule has 0 atom stereocenters. The number of hydrogen-bond donors (Lipinski definition) is 0. The van der Waals surface area contributed by atoms with E-state index in [0.29, 0.717) is 5.95 Å². The van der Waals surface area contributed by atoms with Crippen LogP contribution in [0.1, 0.15) is 0 Å². The van der Waals surface area contributed by atoms with E-state index in [1.54, 1.807) is 0 Å². The molecule has 4 heteroatoms. The van der Waals surface area contributed by atoms with Gasteiger partial charge in [-0.15, -0.1) is 0 Å². The molecule has 12 aromatic rings. The summed E-state index contributed by atoms with van der Waals surface area (Å²) in [5, 5.41) is 10.7. The summed E-state index contributed by atoms with van der Waals surface area (Å²) >= 11 is 0. The maximum absolute atomic E-state index is 5.43. The van der Waals surface area contributed by atoms with E-state index in [0.717, 1.165) is 49.7 Å². The standard InChI is InChI=1S/C52H32N4/c1-2-12-33(13-3-1)34-22-24-36(25-23-34)50-43-19-8-10-20-46(43)53-52(54-50)56-48-29-27-39(32-45(48)44-30-37-15-4-5-16-38(37)31-49(44)56)55-47-21-11-9-18-41(47)42-28-26-35-14-6-7-17-40(35)51(42)55/h1-32H. The number of rotatable bonds is 4. The van der Waals surface area contributed by atoms with Gasteiger partial charge in [-0.2, -0.15) is 0 Å². The van der Waals surface area contributed by atoms with Gasteiger partial charge in [0.25, 0.3) is 0 Å². The van der Waals surface area contributed by atoms with Crippen molar-refractivity contribution in [2.45, 2.75) is 0 Å². The van der Waals surface area contributed by atoms with Gasteiger partial charge in [0.1, 0.15) is 0 Å². The molecule has 0 amide bonds. The summed E-state index contributed by atoms with van der Waals surface area (Å²) in [5.74, 6) is 0.650. The lowest BCUT2D eigenvalue weighted by molar-refractivity contribution is 1.01. The normalized spacial score (nSPS) is 11.9. The van der Waals surface area contributed by atoms with E-state index in [1.165, 1.54) is 54.5 Å². The van der Waals surface area contributed by atoms with Gasteiger partial charge in [-0.3, -0.25) is 4.57 Å². The lowest BCUT2D eigenvalue weighted by atomic mass is 10.0. The van der Waals surface area contributed by atoms with Crippen molar-refractivity contribution in [2.24, 2.45) is 0 Å². The minimum absolute atomic E-state index is 0.650. The van der Waals surface area contributed by atoms with Gasteiger partial charge in [-0.25, -0.2) is 9.97 Å². The largest absolute Gasteiger partial charge is 0.309 e. The number of benzene rings is 9. The van der Waals surface area contributed by atoms with Crippen molar-refractivity contribution in [3.63, 3.8) is 0 Å². The van der Waals surface area contributed by atoms with Crippen LogP contribution in [0.2, 0.25) is 0 Å². The SMILES string of the molecule is c1ccc(-c2ccc(-c3nc(-n4c5ccc(-n6c7ccccc7c7ccc8ccccc8c76)cc5c5cc6ccccc6cc54)nc4ccccc34)cc2)cc1. The molecule has 9 aromatic carbocycles. The number of nitrogens with zero attached hydrogens (tertiary/aromatic N) is 4. The first-order chi connectivity index (χ1) is 27.8. The molecule has 0 fully saturated rings. The van der Waals surface area contributed by atoms with Crippen LogP contribution in [-0.2, 0) is 0 Å². The molecule has 0 aliphatic heterocycles. The van der Waals surface area contributed by atoms with Crippen molar-refractivity contribution in [1.82, 2.24) is 19.1 Å². The summed E-state index contributed by atoms with van der Waals surface area (Å²) in [6, 6.07) is 69.7. The van der Waals surface area contributed by atoms with Crippen LogP contribution >= 0.6 is 0 Å². The first-order valence-electron chi connectivity index (χ1n) is 19.1. The zero-order chi connectivity index (χ0) is 36.7. The van der Waals surface area contributed by atoms with Gasteiger partial charge in [0.2, 0.25) is 5.95 Å². The number of hydrogen-bond acceptors (Lipinski definition) is 2. The third-order valence-electron chi connectivity index (χ3n) is 11.5. The van der Waals surface area contributed by atoms with Gasteiger partial charge < -0.3 is 4.57 Å². The van der Waals surface area contributed by atoms with Crippen LogP contribution in [0.5, 0.6) is 0 Å². The predicted molar refractivity (Wildman–Crippen MR) is 234 cm³/mol. The Bertz CT molecular complexity index is 3520. The summed E-state index contributed by atoms with van der Waals surface area (Å²) in [6.45, 7) is 0. The van der Waals surface area contributed by atoms with E-state index in [1.807, 2.05) is 0 Å². The maximum atomic E-state index is 5.43. The summed E-state index contributed by atoms with van der Waals surface area (Å²) in [4.78, 5) is 10.7. The molecule has 3 aromatic heterocycles. The second-order valence-corrected chi connectivity index (χ2v) is 14.6. The highest BCUT2D eigenvalue weighted by atomic mass is 15.2. The Kier molecular flexibility index (Phi) is 6.60. The van der Waals surface area contributed by atoms with Crippen LogP contribution in [0.3, 0.4) is 0 Å². The second-order valence-electron chi connectivity index (χ2n) is 14.6. The predicted octanol–water partition coefficient (Wildman–Crippen LogP) is 13.5. The second kappa shape index (κ2) is 12.0. The molecule has 3 heterocycles. The van der Waals surface area contributed by atoms with Gasteiger partial charge >= 0.3 is 0 Å². The van der Waals surface area contributed by atoms with Crippen LogP contribution in [0.15, 0.2) is 194 Å². The van der Waals surface area contributed by atoms with E-state index in [9.17, 15) is 0 Å². The fourth-order valence-corrected chi connectivity index (χ4v) is 8.88. The van der Waals surface area contributed by atoms with Crippen LogP contribution < -0.4 is 0 Å². The molecule has 0 aliphatic carbocycles. The zero-order valence-corrected chi connectivity index (χ0v) is 30.3. The molecule has 0 bridgehead atoms. The molecular weight excluding hydrogens is 681 g/mol. The van der Waals surface area contributed by atoms with E-state index in [4.69, 9.17) is 9.97 Å². The van der Waals surface area contributed by atoms with Crippen molar-refractivity contribution in [2.75, 3.05) is 0 Å². The monoisotopic (exact) mass is 712 g/mol. The fraction of sp³-hybridized carbons (Fsp3) is 0. The number of para-hydroxylation sites is 2. The Balaban J connectivity index is 1.13. The molecule has 56 heavy (non-hydrogen) atoms. The summed E-state index contributed by atoms with van der Waals surface area (Å²) in [6.07, 6.45) is 0. The van der Waals surface area contributed by atoms with Crippen LogP contribution in [-0.4, -0.2) is 19.1 Å². The van der Waals surface area contributed by atoms with Crippen LogP contribution in [0.4, 0.5) is 0 Å². The Hall–Kier alpha value is -7.56. The molecular formula is C52H32N4. The van der Waals surface area contributed by atoms with E-state index in [-0.39, 0.29) is 0 Å². The van der Waals surface area contributed by atoms with E-state index in [2.05, 4.69) is 203 Å². The smallest absolute Gasteiger partial charge is 0.235 e. The quantitative estimate of drug-likeness (QED) is 0.182. The highest BCUT2D eigenvalue weighted by Crippen LogP contribution is 2.40. The Morgan fingerprint density at radius 3 is 1.79 bits per heavy atom. The topological polar surface area (TPSA) is 35.6 Å². The summed E-state index contributed by atoms with van der Waals surface area (Å²) in [7, 11) is 0. The minimum Gasteiger partial charge on any atom is -0.309 e. The van der Waals surface area contributed by atoms with Gasteiger partial charge in [0.05, 0.1) is 33.3 Å². The highest BCUT2D eigenvalue weighted by Gasteiger charge is 2.21. The molecule has 0 aliphatic rings. The van der Waals surface area contributed by atoms with Gasteiger partial charge in [-0.05, 0) is 69.8 Å². The molecule has 0 radical (unpaired) electrons. The summed E-state index contributed by atoms with van der Waals surface area (Å²) in [5.41, 5.74) is 10.9. The molecule has 12 rings (SSSR count). The highest BCUT2D eigenvalue weighted by molar-refractivity contribution is 6.19. The van der Waals surface area contributed by atoms with Gasteiger partial charge in [0, 0.05) is 43.6 Å². The van der Waals surface area contributed by atoms with Crippen molar-refractivity contribution < 1.29 is 0 Å². The average Bonchev–Trinajstić information content (AvgIpc) is 3.78. The maximum Gasteiger partial charge on any atom is 0.235 e. The van der Waals surface area contributed by atoms with Crippen molar-refractivity contribution in [3.05, 3.63) is 194 Å². The molecule has 260 valence electrons. The van der Waals surface area contributed by atoms with Crippen molar-refractivity contribution in [1.29, 1.82) is 0 Å². The van der Waals surface area contributed by atoms with Crippen LogP contribution in [0.25, 0.3) is 110 Å². The zero-order valence-electron chi connectivity index (χ0n) is 30.3. The summed E-state index contributed by atoms with van der Waals surface area (Å²) < 4.78 is 4.71. The van der Waals surface area contributed by atoms with Crippen molar-refractivity contribution >= 4 is 76.1 Å². The minimum atomic E-state index is 0.650. The Morgan fingerprint density at radius 2 is 0.946 bits per heavy atom. The van der Waals surface area contributed by atoms with E-state index < -0.39 is 0 Å².